The van der Waals surface area contributed by atoms with Crippen molar-refractivity contribution >= 4 is 22.0 Å². The summed E-state index contributed by atoms with van der Waals surface area (Å²) in [5, 5.41) is 0. The summed E-state index contributed by atoms with van der Waals surface area (Å²) in [6.07, 6.45) is -1.46. The second kappa shape index (κ2) is 5.92. The Labute approximate surface area is 128 Å². The Morgan fingerprint density at radius 2 is 2.09 bits per heavy atom. The maximum absolute atomic E-state index is 12.7. The van der Waals surface area contributed by atoms with Crippen molar-refractivity contribution in [3.8, 4) is 11.4 Å². The van der Waals surface area contributed by atoms with Crippen molar-refractivity contribution < 1.29 is 13.0 Å². The first-order valence-electron chi connectivity index (χ1n) is 6.71. The van der Waals surface area contributed by atoms with Crippen LogP contribution in [0.15, 0.2) is 41.4 Å². The maximum atomic E-state index is 12.7. The Bertz CT molecular complexity index is 848. The van der Waals surface area contributed by atoms with E-state index < -0.39 is 17.2 Å². The number of benzene rings is 1. The van der Waals surface area contributed by atoms with Gasteiger partial charge >= 0.3 is 0 Å². The predicted octanol–water partition coefficient (Wildman–Crippen LogP) is 3.69. The van der Waals surface area contributed by atoms with Crippen molar-refractivity contribution in [1.29, 1.82) is 0 Å². The van der Waals surface area contributed by atoms with Crippen molar-refractivity contribution in [2.45, 2.75) is 18.2 Å². The lowest BCUT2D eigenvalue weighted by molar-refractivity contribution is 0.151. The average Bonchev–Trinajstić information content (AvgIpc) is 2.96. The zero-order valence-electron chi connectivity index (χ0n) is 11.7. The molecule has 1 atom stereocenters. The number of hydrogen-bond donors (Lipinski definition) is 1. The fourth-order valence-electron chi connectivity index (χ4n) is 2.18. The number of rotatable bonds is 4. The third-order valence-electron chi connectivity index (χ3n) is 3.26. The number of nitrogens with one attached hydrogen (secondary N) is 1. The number of aromatic amines is 1. The Morgan fingerprint density at radius 1 is 1.32 bits per heavy atom. The predicted molar refractivity (Wildman–Crippen MR) is 81.2 cm³/mol. The van der Waals surface area contributed by atoms with Gasteiger partial charge in [-0.05, 0) is 12.1 Å². The summed E-state index contributed by atoms with van der Waals surface area (Å²) in [5.41, 5.74) is 1.33. The molecule has 1 N–H and O–H groups in total. The Kier molecular flexibility index (Phi) is 3.98. The van der Waals surface area contributed by atoms with Crippen LogP contribution in [0, 0.1) is 0 Å². The van der Waals surface area contributed by atoms with E-state index >= 15 is 0 Å². The first kappa shape index (κ1) is 14.8. The van der Waals surface area contributed by atoms with Crippen molar-refractivity contribution in [1.82, 2.24) is 15.0 Å². The number of nitrogens with zero attached hydrogens (tertiary/aromatic N) is 2. The van der Waals surface area contributed by atoms with E-state index in [1.165, 1.54) is 6.07 Å². The van der Waals surface area contributed by atoms with Gasteiger partial charge in [0.15, 0.2) is 5.65 Å². The van der Waals surface area contributed by atoms with Gasteiger partial charge in [0, 0.05) is 28.0 Å². The van der Waals surface area contributed by atoms with Gasteiger partial charge in [0.2, 0.25) is 0 Å². The van der Waals surface area contributed by atoms with E-state index in [0.29, 0.717) is 33.2 Å². The standard InChI is InChI=1S/C15H13F2N3OS/c1-2-22(21)12-6-4-3-5-10(12)14-19-11-7-9(13(16)17)8-18-15(11)20-14/h3-8,13H,2H2,1H3,(H,18,19,20). The molecule has 2 aromatic heterocycles. The van der Waals surface area contributed by atoms with Crippen molar-refractivity contribution in [2.24, 2.45) is 0 Å². The SMILES string of the molecule is CCS(=O)c1ccccc1-c1nc2ncc(C(F)F)cc2[nH]1. The number of H-pyrrole nitrogens is 1. The van der Waals surface area contributed by atoms with Gasteiger partial charge in [-0.1, -0.05) is 25.1 Å². The Hall–Kier alpha value is -2.15. The van der Waals surface area contributed by atoms with Gasteiger partial charge in [-0.2, -0.15) is 0 Å². The molecule has 0 spiro atoms. The maximum Gasteiger partial charge on any atom is 0.265 e. The van der Waals surface area contributed by atoms with Crippen LogP contribution in [0.1, 0.15) is 18.9 Å². The van der Waals surface area contributed by atoms with Crippen LogP contribution < -0.4 is 0 Å². The zero-order valence-corrected chi connectivity index (χ0v) is 12.5. The molecule has 4 nitrogen and oxygen atoms in total. The van der Waals surface area contributed by atoms with E-state index in [9.17, 15) is 13.0 Å². The molecule has 3 rings (SSSR count). The van der Waals surface area contributed by atoms with Crippen LogP contribution in [0.5, 0.6) is 0 Å². The van der Waals surface area contributed by atoms with Gasteiger partial charge in [0.05, 0.1) is 16.3 Å². The Morgan fingerprint density at radius 3 is 2.82 bits per heavy atom. The van der Waals surface area contributed by atoms with Gasteiger partial charge in [0.1, 0.15) is 5.82 Å². The van der Waals surface area contributed by atoms with Gasteiger partial charge in [-0.3, -0.25) is 4.21 Å². The lowest BCUT2D eigenvalue weighted by Crippen LogP contribution is -1.97. The topological polar surface area (TPSA) is 58.6 Å². The first-order chi connectivity index (χ1) is 10.6. The minimum absolute atomic E-state index is 0.159. The lowest BCUT2D eigenvalue weighted by Gasteiger charge is -2.05. The second-order valence-corrected chi connectivity index (χ2v) is 6.36. The number of pyridine rings is 1. The fraction of sp³-hybridized carbons (Fsp3) is 0.200. The minimum atomic E-state index is -2.58. The molecular formula is C15H13F2N3OS. The third-order valence-corrected chi connectivity index (χ3v) is 4.63. The highest BCUT2D eigenvalue weighted by Crippen LogP contribution is 2.27. The zero-order chi connectivity index (χ0) is 15.7. The molecule has 0 fully saturated rings. The lowest BCUT2D eigenvalue weighted by atomic mass is 10.2. The minimum Gasteiger partial charge on any atom is -0.337 e. The fourth-order valence-corrected chi connectivity index (χ4v) is 3.13. The van der Waals surface area contributed by atoms with Crippen molar-refractivity contribution in [2.75, 3.05) is 5.75 Å². The van der Waals surface area contributed by atoms with Crippen LogP contribution in [0.2, 0.25) is 0 Å². The molecule has 0 bridgehead atoms. The number of fused-ring (bicyclic) bond motifs is 1. The highest BCUT2D eigenvalue weighted by atomic mass is 32.2. The molecule has 3 aromatic rings. The van der Waals surface area contributed by atoms with Crippen LogP contribution >= 0.6 is 0 Å². The van der Waals surface area contributed by atoms with E-state index in [0.717, 1.165) is 6.20 Å². The molecule has 1 unspecified atom stereocenters. The summed E-state index contributed by atoms with van der Waals surface area (Å²) >= 11 is 0. The normalized spacial score (nSPS) is 12.9. The monoisotopic (exact) mass is 321 g/mol. The van der Waals surface area contributed by atoms with Crippen LogP contribution in [-0.2, 0) is 10.8 Å². The van der Waals surface area contributed by atoms with E-state index in [1.54, 1.807) is 12.1 Å². The molecule has 0 aliphatic heterocycles. The number of imidazole rings is 1. The summed E-state index contributed by atoms with van der Waals surface area (Å²) in [6.45, 7) is 1.84. The summed E-state index contributed by atoms with van der Waals surface area (Å²) in [4.78, 5) is 11.9. The molecular weight excluding hydrogens is 308 g/mol. The molecule has 7 heteroatoms. The van der Waals surface area contributed by atoms with Crippen molar-refractivity contribution in [3.63, 3.8) is 0 Å². The van der Waals surface area contributed by atoms with Gasteiger partial charge in [-0.25, -0.2) is 18.7 Å². The van der Waals surface area contributed by atoms with Crippen LogP contribution in [0.3, 0.4) is 0 Å². The first-order valence-corrected chi connectivity index (χ1v) is 8.03. The van der Waals surface area contributed by atoms with Crippen molar-refractivity contribution in [3.05, 3.63) is 42.1 Å². The summed E-state index contributed by atoms with van der Waals surface area (Å²) in [6, 6.07) is 8.54. The molecule has 22 heavy (non-hydrogen) atoms. The molecule has 0 saturated carbocycles. The summed E-state index contributed by atoms with van der Waals surface area (Å²) < 4.78 is 37.6. The molecule has 114 valence electrons. The molecule has 1 aromatic carbocycles. The quantitative estimate of drug-likeness (QED) is 0.797. The molecule has 0 radical (unpaired) electrons. The number of aromatic nitrogens is 3. The van der Waals surface area contributed by atoms with E-state index in [-0.39, 0.29) is 5.56 Å². The number of alkyl halides is 2. The van der Waals surface area contributed by atoms with Crippen LogP contribution in [0.4, 0.5) is 8.78 Å². The van der Waals surface area contributed by atoms with Gasteiger partial charge in [-0.15, -0.1) is 0 Å². The summed E-state index contributed by atoms with van der Waals surface area (Å²) in [5.74, 6) is 0.969. The third kappa shape index (κ3) is 2.64. The molecule has 0 saturated heterocycles. The summed E-state index contributed by atoms with van der Waals surface area (Å²) in [7, 11) is -1.14. The largest absolute Gasteiger partial charge is 0.337 e. The van der Waals surface area contributed by atoms with E-state index in [4.69, 9.17) is 0 Å². The van der Waals surface area contributed by atoms with Gasteiger partial charge < -0.3 is 4.98 Å². The van der Waals surface area contributed by atoms with Crippen LogP contribution in [0.25, 0.3) is 22.6 Å². The second-order valence-electron chi connectivity index (χ2n) is 4.66. The van der Waals surface area contributed by atoms with E-state index in [1.807, 2.05) is 19.1 Å². The van der Waals surface area contributed by atoms with Gasteiger partial charge in [0.25, 0.3) is 6.43 Å². The van der Waals surface area contributed by atoms with E-state index in [2.05, 4.69) is 15.0 Å². The van der Waals surface area contributed by atoms with Crippen LogP contribution in [-0.4, -0.2) is 24.9 Å². The highest BCUT2D eigenvalue weighted by Gasteiger charge is 2.15. The molecule has 0 amide bonds. The molecule has 0 aliphatic carbocycles. The number of halogens is 2. The highest BCUT2D eigenvalue weighted by molar-refractivity contribution is 7.85. The molecule has 2 heterocycles. The number of hydrogen-bond acceptors (Lipinski definition) is 3. The Balaban J connectivity index is 2.13. The smallest absolute Gasteiger partial charge is 0.265 e. The molecule has 0 aliphatic rings. The average molecular weight is 321 g/mol.